The van der Waals surface area contributed by atoms with Crippen molar-refractivity contribution in [1.82, 2.24) is 4.98 Å². The molecule has 1 aliphatic carbocycles. The van der Waals surface area contributed by atoms with Crippen LogP contribution in [0.25, 0.3) is 0 Å². The number of hydrogen-bond donors (Lipinski definition) is 1. The Bertz CT molecular complexity index is 436. The van der Waals surface area contributed by atoms with Crippen molar-refractivity contribution < 1.29 is 9.90 Å². The fourth-order valence-corrected chi connectivity index (χ4v) is 3.76. The first kappa shape index (κ1) is 13.4. The van der Waals surface area contributed by atoms with E-state index in [1.54, 1.807) is 24.0 Å². The van der Waals surface area contributed by atoms with Gasteiger partial charge in [0.05, 0.1) is 0 Å². The number of pyridine rings is 1. The third kappa shape index (κ3) is 3.25. The molecule has 3 unspecified atom stereocenters. The molecule has 0 aromatic carbocycles. The van der Waals surface area contributed by atoms with Crippen molar-refractivity contribution in [2.75, 3.05) is 0 Å². The maximum atomic E-state index is 10.9. The lowest BCUT2D eigenvalue weighted by molar-refractivity contribution is 0.0690. The number of nitrogens with zero attached hydrogens (tertiary/aromatic N) is 1. The normalized spacial score (nSPS) is 28.0. The molecule has 0 spiro atoms. The molecule has 1 heterocycles. The van der Waals surface area contributed by atoms with Gasteiger partial charge in [0.15, 0.2) is 0 Å². The van der Waals surface area contributed by atoms with Gasteiger partial charge in [0.2, 0.25) is 0 Å². The maximum absolute atomic E-state index is 10.9. The van der Waals surface area contributed by atoms with Crippen molar-refractivity contribution in [3.05, 3.63) is 24.0 Å². The minimum Gasteiger partial charge on any atom is -0.477 e. The van der Waals surface area contributed by atoms with Crippen LogP contribution in [0.5, 0.6) is 0 Å². The van der Waals surface area contributed by atoms with Crippen molar-refractivity contribution in [1.29, 1.82) is 0 Å². The van der Waals surface area contributed by atoms with Crippen LogP contribution >= 0.6 is 11.8 Å². The fourth-order valence-electron chi connectivity index (χ4n) is 2.40. The Morgan fingerprint density at radius 2 is 2.17 bits per heavy atom. The first-order valence-corrected chi connectivity index (χ1v) is 7.30. The van der Waals surface area contributed by atoms with Gasteiger partial charge in [-0.15, -0.1) is 11.8 Å². The number of carboxylic acid groups (broad SMARTS) is 1. The minimum absolute atomic E-state index is 0.136. The standard InChI is InChI=1S/C14H19NO2S/c1-9-3-4-11(7-10(9)2)18-12-5-6-15-13(8-12)14(16)17/h5-6,8-11H,3-4,7H2,1-2H3,(H,16,17). The summed E-state index contributed by atoms with van der Waals surface area (Å²) in [5.41, 5.74) is 0.136. The SMILES string of the molecule is CC1CCC(Sc2ccnc(C(=O)O)c2)CC1C. The minimum atomic E-state index is -0.955. The highest BCUT2D eigenvalue weighted by atomic mass is 32.2. The second-order valence-electron chi connectivity index (χ2n) is 5.19. The zero-order valence-electron chi connectivity index (χ0n) is 10.8. The molecule has 0 saturated heterocycles. The zero-order valence-corrected chi connectivity index (χ0v) is 11.6. The molecule has 4 heteroatoms. The average Bonchev–Trinajstić information content (AvgIpc) is 2.34. The van der Waals surface area contributed by atoms with E-state index in [0.29, 0.717) is 5.25 Å². The number of rotatable bonds is 3. The topological polar surface area (TPSA) is 50.2 Å². The second kappa shape index (κ2) is 5.74. The summed E-state index contributed by atoms with van der Waals surface area (Å²) in [6.07, 6.45) is 5.30. The molecule has 1 saturated carbocycles. The van der Waals surface area contributed by atoms with Gasteiger partial charge in [-0.3, -0.25) is 0 Å². The van der Waals surface area contributed by atoms with Crippen LogP contribution in [0.15, 0.2) is 23.2 Å². The first-order valence-electron chi connectivity index (χ1n) is 6.42. The molecular formula is C14H19NO2S. The van der Waals surface area contributed by atoms with E-state index in [4.69, 9.17) is 5.11 Å². The number of aromatic nitrogens is 1. The summed E-state index contributed by atoms with van der Waals surface area (Å²) in [6.45, 7) is 4.63. The summed E-state index contributed by atoms with van der Waals surface area (Å²) < 4.78 is 0. The Morgan fingerprint density at radius 3 is 2.83 bits per heavy atom. The van der Waals surface area contributed by atoms with Crippen molar-refractivity contribution >= 4 is 17.7 Å². The molecule has 1 aliphatic rings. The Balaban J connectivity index is 2.01. The van der Waals surface area contributed by atoms with E-state index < -0.39 is 5.97 Å². The molecule has 1 aromatic rings. The molecular weight excluding hydrogens is 246 g/mol. The zero-order chi connectivity index (χ0) is 13.1. The van der Waals surface area contributed by atoms with Gasteiger partial charge in [-0.25, -0.2) is 9.78 Å². The highest BCUT2D eigenvalue weighted by molar-refractivity contribution is 8.00. The van der Waals surface area contributed by atoms with E-state index >= 15 is 0 Å². The van der Waals surface area contributed by atoms with E-state index in [9.17, 15) is 4.79 Å². The van der Waals surface area contributed by atoms with Crippen LogP contribution < -0.4 is 0 Å². The van der Waals surface area contributed by atoms with Crippen molar-refractivity contribution in [3.8, 4) is 0 Å². The Kier molecular flexibility index (Phi) is 4.27. The molecule has 0 radical (unpaired) electrons. The van der Waals surface area contributed by atoms with Crippen LogP contribution in [-0.2, 0) is 0 Å². The molecule has 0 aliphatic heterocycles. The van der Waals surface area contributed by atoms with Crippen LogP contribution in [0, 0.1) is 11.8 Å². The molecule has 3 atom stereocenters. The summed E-state index contributed by atoms with van der Waals surface area (Å²) in [4.78, 5) is 15.7. The lowest BCUT2D eigenvalue weighted by Gasteiger charge is -2.31. The number of carboxylic acids is 1. The van der Waals surface area contributed by atoms with Crippen LogP contribution in [0.2, 0.25) is 0 Å². The van der Waals surface area contributed by atoms with Gasteiger partial charge in [-0.2, -0.15) is 0 Å². The molecule has 2 rings (SSSR count). The van der Waals surface area contributed by atoms with Crippen molar-refractivity contribution in [3.63, 3.8) is 0 Å². The highest BCUT2D eigenvalue weighted by Crippen LogP contribution is 2.38. The predicted molar refractivity (Wildman–Crippen MR) is 73.0 cm³/mol. The molecule has 1 aromatic heterocycles. The molecule has 0 amide bonds. The molecule has 3 nitrogen and oxygen atoms in total. The van der Waals surface area contributed by atoms with E-state index in [2.05, 4.69) is 18.8 Å². The Morgan fingerprint density at radius 1 is 1.39 bits per heavy atom. The summed E-state index contributed by atoms with van der Waals surface area (Å²) >= 11 is 1.80. The molecule has 1 fully saturated rings. The van der Waals surface area contributed by atoms with Crippen LogP contribution in [0.4, 0.5) is 0 Å². The van der Waals surface area contributed by atoms with Gasteiger partial charge in [0.1, 0.15) is 5.69 Å². The summed E-state index contributed by atoms with van der Waals surface area (Å²) in [5, 5.41) is 9.53. The van der Waals surface area contributed by atoms with E-state index in [1.165, 1.54) is 19.3 Å². The average molecular weight is 265 g/mol. The Hall–Kier alpha value is -1.03. The second-order valence-corrected chi connectivity index (χ2v) is 6.56. The maximum Gasteiger partial charge on any atom is 0.354 e. The van der Waals surface area contributed by atoms with Gasteiger partial charge in [0.25, 0.3) is 0 Å². The van der Waals surface area contributed by atoms with Gasteiger partial charge < -0.3 is 5.11 Å². The molecule has 1 N–H and O–H groups in total. The van der Waals surface area contributed by atoms with E-state index in [-0.39, 0.29) is 5.69 Å². The largest absolute Gasteiger partial charge is 0.477 e. The van der Waals surface area contributed by atoms with Crippen molar-refractivity contribution in [2.24, 2.45) is 11.8 Å². The van der Waals surface area contributed by atoms with E-state index in [1.807, 2.05) is 6.07 Å². The van der Waals surface area contributed by atoms with Gasteiger partial charge in [-0.1, -0.05) is 13.8 Å². The number of carbonyl (C=O) groups is 1. The molecule has 18 heavy (non-hydrogen) atoms. The third-order valence-electron chi connectivity index (χ3n) is 3.80. The molecule has 0 bridgehead atoms. The van der Waals surface area contributed by atoms with Crippen LogP contribution in [0.3, 0.4) is 0 Å². The first-order chi connectivity index (χ1) is 8.56. The summed E-state index contributed by atoms with van der Waals surface area (Å²) in [7, 11) is 0. The number of thioether (sulfide) groups is 1. The number of hydrogen-bond acceptors (Lipinski definition) is 3. The van der Waals surface area contributed by atoms with Gasteiger partial charge >= 0.3 is 5.97 Å². The Labute approximate surface area is 112 Å². The van der Waals surface area contributed by atoms with Crippen LogP contribution in [-0.4, -0.2) is 21.3 Å². The fraction of sp³-hybridized carbons (Fsp3) is 0.571. The smallest absolute Gasteiger partial charge is 0.354 e. The highest BCUT2D eigenvalue weighted by Gasteiger charge is 2.25. The lowest BCUT2D eigenvalue weighted by Crippen LogP contribution is -2.22. The summed E-state index contributed by atoms with van der Waals surface area (Å²) in [5.74, 6) is 0.619. The van der Waals surface area contributed by atoms with Gasteiger partial charge in [-0.05, 0) is 43.2 Å². The quantitative estimate of drug-likeness (QED) is 0.905. The van der Waals surface area contributed by atoms with Crippen LogP contribution in [0.1, 0.15) is 43.6 Å². The summed E-state index contributed by atoms with van der Waals surface area (Å²) in [6, 6.07) is 3.58. The number of aromatic carboxylic acids is 1. The van der Waals surface area contributed by atoms with E-state index in [0.717, 1.165) is 16.7 Å². The lowest BCUT2D eigenvalue weighted by atomic mass is 9.81. The van der Waals surface area contributed by atoms with Gasteiger partial charge in [0, 0.05) is 16.3 Å². The third-order valence-corrected chi connectivity index (χ3v) is 5.09. The predicted octanol–water partition coefficient (Wildman–Crippen LogP) is 3.70. The monoisotopic (exact) mass is 265 g/mol. The van der Waals surface area contributed by atoms with Crippen molar-refractivity contribution in [2.45, 2.75) is 43.3 Å². The molecule has 98 valence electrons.